The van der Waals surface area contributed by atoms with Crippen molar-refractivity contribution in [3.8, 4) is 10.7 Å². The predicted octanol–water partition coefficient (Wildman–Crippen LogP) is 2.41. The fourth-order valence-corrected chi connectivity index (χ4v) is 2.14. The van der Waals surface area contributed by atoms with E-state index in [2.05, 4.69) is 34.3 Å². The largest absolute Gasteiger partial charge is 0.308 e. The first-order valence-corrected chi connectivity index (χ1v) is 6.46. The Kier molecular flexibility index (Phi) is 3.81. The van der Waals surface area contributed by atoms with E-state index in [1.807, 2.05) is 25.1 Å². The number of nitrogens with one attached hydrogen (secondary N) is 1. The molecule has 17 heavy (non-hydrogen) atoms. The normalized spacial score (nSPS) is 11.1. The quantitative estimate of drug-likeness (QED) is 0.902. The van der Waals surface area contributed by atoms with Crippen molar-refractivity contribution in [3.05, 3.63) is 28.9 Å². The van der Waals surface area contributed by atoms with Gasteiger partial charge in [-0.05, 0) is 19.1 Å². The highest BCUT2D eigenvalue weighted by atomic mass is 32.1. The molecule has 2 rings (SSSR count). The molecule has 0 bridgehead atoms. The molecular formula is C12H16N4S. The number of aryl methyl sites for hydroxylation is 1. The van der Waals surface area contributed by atoms with Gasteiger partial charge in [0.15, 0.2) is 5.01 Å². The van der Waals surface area contributed by atoms with E-state index in [1.165, 1.54) is 0 Å². The first-order chi connectivity index (χ1) is 8.15. The maximum absolute atomic E-state index is 4.44. The molecule has 4 nitrogen and oxygen atoms in total. The van der Waals surface area contributed by atoms with Crippen LogP contribution in [0.3, 0.4) is 0 Å². The maximum Gasteiger partial charge on any atom is 0.166 e. The molecule has 2 heterocycles. The second-order valence-corrected chi connectivity index (χ2v) is 5.26. The minimum Gasteiger partial charge on any atom is -0.308 e. The van der Waals surface area contributed by atoms with Gasteiger partial charge in [0, 0.05) is 18.3 Å². The van der Waals surface area contributed by atoms with Crippen LogP contribution < -0.4 is 5.32 Å². The smallest absolute Gasteiger partial charge is 0.166 e. The minimum atomic E-state index is 0.458. The average molecular weight is 248 g/mol. The van der Waals surface area contributed by atoms with E-state index in [0.29, 0.717) is 6.04 Å². The van der Waals surface area contributed by atoms with E-state index < -0.39 is 0 Å². The van der Waals surface area contributed by atoms with E-state index >= 15 is 0 Å². The Hall–Kier alpha value is -1.33. The number of hydrogen-bond donors (Lipinski definition) is 1. The van der Waals surface area contributed by atoms with Gasteiger partial charge in [-0.15, -0.1) is 10.2 Å². The van der Waals surface area contributed by atoms with Crippen molar-refractivity contribution >= 4 is 11.3 Å². The number of hydrogen-bond acceptors (Lipinski definition) is 5. The van der Waals surface area contributed by atoms with Gasteiger partial charge in [-0.3, -0.25) is 4.98 Å². The Balaban J connectivity index is 2.12. The van der Waals surface area contributed by atoms with Crippen LogP contribution in [-0.2, 0) is 6.54 Å². The molecule has 0 aromatic carbocycles. The summed E-state index contributed by atoms with van der Waals surface area (Å²) in [4.78, 5) is 4.44. The van der Waals surface area contributed by atoms with Gasteiger partial charge >= 0.3 is 0 Å². The molecule has 5 heteroatoms. The summed E-state index contributed by atoms with van der Waals surface area (Å²) in [5.41, 5.74) is 1.90. The van der Waals surface area contributed by atoms with Crippen molar-refractivity contribution in [3.63, 3.8) is 0 Å². The van der Waals surface area contributed by atoms with E-state index in [9.17, 15) is 0 Å². The van der Waals surface area contributed by atoms with Crippen molar-refractivity contribution in [2.24, 2.45) is 0 Å². The van der Waals surface area contributed by atoms with Gasteiger partial charge in [-0.2, -0.15) is 0 Å². The topological polar surface area (TPSA) is 50.7 Å². The SMILES string of the molecule is Cc1cccc(-c2nnc(CNC(C)C)s2)n1. The van der Waals surface area contributed by atoms with E-state index in [-0.39, 0.29) is 0 Å². The zero-order chi connectivity index (χ0) is 12.3. The summed E-state index contributed by atoms with van der Waals surface area (Å²) in [6.07, 6.45) is 0. The van der Waals surface area contributed by atoms with Crippen molar-refractivity contribution in [2.45, 2.75) is 33.4 Å². The zero-order valence-electron chi connectivity index (χ0n) is 10.3. The Bertz CT molecular complexity index is 493. The van der Waals surface area contributed by atoms with Crippen molar-refractivity contribution in [1.29, 1.82) is 0 Å². The molecule has 0 saturated heterocycles. The highest BCUT2D eigenvalue weighted by Gasteiger charge is 2.07. The molecule has 90 valence electrons. The fourth-order valence-electron chi connectivity index (χ4n) is 1.38. The standard InChI is InChI=1S/C12H16N4S/c1-8(2)13-7-11-15-16-12(17-11)10-6-4-5-9(3)14-10/h4-6,8,13H,7H2,1-3H3. The molecule has 1 N–H and O–H groups in total. The lowest BCUT2D eigenvalue weighted by Gasteiger charge is -2.03. The Morgan fingerprint density at radius 1 is 1.29 bits per heavy atom. The third-order valence-electron chi connectivity index (χ3n) is 2.24. The third kappa shape index (κ3) is 3.31. The minimum absolute atomic E-state index is 0.458. The molecule has 0 amide bonds. The van der Waals surface area contributed by atoms with Gasteiger partial charge in [-0.25, -0.2) is 0 Å². The average Bonchev–Trinajstić information content (AvgIpc) is 2.75. The Labute approximate surface area is 105 Å². The van der Waals surface area contributed by atoms with Crippen LogP contribution in [-0.4, -0.2) is 21.2 Å². The van der Waals surface area contributed by atoms with Gasteiger partial charge in [0.25, 0.3) is 0 Å². The first kappa shape index (κ1) is 12.1. The van der Waals surface area contributed by atoms with Gasteiger partial charge in [0.2, 0.25) is 0 Å². The second kappa shape index (κ2) is 5.33. The van der Waals surface area contributed by atoms with E-state index in [0.717, 1.165) is 27.9 Å². The summed E-state index contributed by atoms with van der Waals surface area (Å²) in [7, 11) is 0. The summed E-state index contributed by atoms with van der Waals surface area (Å²) in [6, 6.07) is 6.39. The summed E-state index contributed by atoms with van der Waals surface area (Å²) in [5.74, 6) is 0. The molecule has 0 aliphatic rings. The van der Waals surface area contributed by atoms with E-state index in [1.54, 1.807) is 11.3 Å². The van der Waals surface area contributed by atoms with Crippen molar-refractivity contribution in [1.82, 2.24) is 20.5 Å². The van der Waals surface area contributed by atoms with Gasteiger partial charge in [-0.1, -0.05) is 31.3 Å². The number of aromatic nitrogens is 3. The van der Waals surface area contributed by atoms with Gasteiger partial charge in [0.1, 0.15) is 10.7 Å². The van der Waals surface area contributed by atoms with Crippen LogP contribution in [0.5, 0.6) is 0 Å². The summed E-state index contributed by atoms with van der Waals surface area (Å²) in [5, 5.41) is 13.5. The summed E-state index contributed by atoms with van der Waals surface area (Å²) in [6.45, 7) is 6.97. The first-order valence-electron chi connectivity index (χ1n) is 5.65. The molecule has 2 aromatic heterocycles. The van der Waals surface area contributed by atoms with Crippen LogP contribution >= 0.6 is 11.3 Å². The van der Waals surface area contributed by atoms with Gasteiger partial charge in [0.05, 0.1) is 0 Å². The number of nitrogens with zero attached hydrogens (tertiary/aromatic N) is 3. The lowest BCUT2D eigenvalue weighted by molar-refractivity contribution is 0.585. The molecule has 0 unspecified atom stereocenters. The zero-order valence-corrected chi connectivity index (χ0v) is 11.1. The van der Waals surface area contributed by atoms with Crippen LogP contribution in [0.1, 0.15) is 24.5 Å². The van der Waals surface area contributed by atoms with Crippen LogP contribution in [0, 0.1) is 6.92 Å². The van der Waals surface area contributed by atoms with Gasteiger partial charge < -0.3 is 5.32 Å². The molecule has 0 aliphatic heterocycles. The van der Waals surface area contributed by atoms with Crippen molar-refractivity contribution < 1.29 is 0 Å². The highest BCUT2D eigenvalue weighted by molar-refractivity contribution is 7.14. The second-order valence-electron chi connectivity index (χ2n) is 4.20. The monoisotopic (exact) mass is 248 g/mol. The Morgan fingerprint density at radius 2 is 2.12 bits per heavy atom. The molecule has 0 fully saturated rings. The molecule has 0 radical (unpaired) electrons. The van der Waals surface area contributed by atoms with Crippen LogP contribution in [0.4, 0.5) is 0 Å². The van der Waals surface area contributed by atoms with E-state index in [4.69, 9.17) is 0 Å². The molecular weight excluding hydrogens is 232 g/mol. The maximum atomic E-state index is 4.44. The number of rotatable bonds is 4. The number of pyridine rings is 1. The summed E-state index contributed by atoms with van der Waals surface area (Å²) >= 11 is 1.59. The third-order valence-corrected chi connectivity index (χ3v) is 3.18. The predicted molar refractivity (Wildman–Crippen MR) is 69.9 cm³/mol. The van der Waals surface area contributed by atoms with Crippen LogP contribution in [0.25, 0.3) is 10.7 Å². The molecule has 2 aromatic rings. The Morgan fingerprint density at radius 3 is 2.82 bits per heavy atom. The lowest BCUT2D eigenvalue weighted by Crippen LogP contribution is -2.21. The van der Waals surface area contributed by atoms with Crippen LogP contribution in [0.2, 0.25) is 0 Å². The lowest BCUT2D eigenvalue weighted by atomic mass is 10.3. The fraction of sp³-hybridized carbons (Fsp3) is 0.417. The van der Waals surface area contributed by atoms with Crippen molar-refractivity contribution in [2.75, 3.05) is 0 Å². The van der Waals surface area contributed by atoms with Crippen LogP contribution in [0.15, 0.2) is 18.2 Å². The highest BCUT2D eigenvalue weighted by Crippen LogP contribution is 2.21. The molecule has 0 aliphatic carbocycles. The summed E-state index contributed by atoms with van der Waals surface area (Å²) < 4.78 is 0. The molecule has 0 atom stereocenters. The molecule has 0 spiro atoms. The molecule has 0 saturated carbocycles.